The maximum absolute atomic E-state index is 12.8. The summed E-state index contributed by atoms with van der Waals surface area (Å²) in [5, 5.41) is 8.72. The van der Waals surface area contributed by atoms with Crippen LogP contribution in [-0.4, -0.2) is 27.8 Å². The molecule has 0 spiro atoms. The van der Waals surface area contributed by atoms with Gasteiger partial charge >= 0.3 is 6.18 Å². The van der Waals surface area contributed by atoms with E-state index in [0.29, 0.717) is 34.7 Å². The summed E-state index contributed by atoms with van der Waals surface area (Å²) in [6, 6.07) is 3.79. The number of nitrogens with zero attached hydrogens (tertiary/aromatic N) is 3. The molecule has 0 bridgehead atoms. The lowest BCUT2D eigenvalue weighted by molar-refractivity contribution is -0.140. The van der Waals surface area contributed by atoms with Gasteiger partial charge in [0.05, 0.1) is 24.4 Å². The van der Waals surface area contributed by atoms with Gasteiger partial charge in [0, 0.05) is 23.0 Å². The molecule has 4 rings (SSSR count). The summed E-state index contributed by atoms with van der Waals surface area (Å²) in [7, 11) is 1.46. The van der Waals surface area contributed by atoms with Gasteiger partial charge < -0.3 is 10.1 Å². The number of aromatic nitrogens is 3. The number of benzene rings is 1. The number of amides is 1. The van der Waals surface area contributed by atoms with E-state index < -0.39 is 17.8 Å². The maximum atomic E-state index is 12.8. The van der Waals surface area contributed by atoms with E-state index in [1.54, 1.807) is 12.1 Å². The summed E-state index contributed by atoms with van der Waals surface area (Å²) >= 11 is 0.645. The van der Waals surface area contributed by atoms with Gasteiger partial charge in [-0.3, -0.25) is 9.48 Å². The molecule has 10 heteroatoms. The largest absolute Gasteiger partial charge is 0.494 e. The van der Waals surface area contributed by atoms with Gasteiger partial charge in [-0.05, 0) is 43.6 Å². The minimum Gasteiger partial charge on any atom is -0.494 e. The topological polar surface area (TPSA) is 69.0 Å². The number of methoxy groups -OCH3 is 1. The first kappa shape index (κ1) is 22.6. The third-order valence-corrected chi connectivity index (χ3v) is 6.98. The van der Waals surface area contributed by atoms with Crippen molar-refractivity contribution in [2.24, 2.45) is 11.8 Å². The predicted octanol–water partition coefficient (Wildman–Crippen LogP) is 6.16. The van der Waals surface area contributed by atoms with Crippen LogP contribution in [0.3, 0.4) is 0 Å². The van der Waals surface area contributed by atoms with Crippen LogP contribution in [0.2, 0.25) is 0 Å². The Bertz CT molecular complexity index is 1110. The smallest absolute Gasteiger partial charge is 0.434 e. The van der Waals surface area contributed by atoms with Crippen molar-refractivity contribution in [1.82, 2.24) is 14.8 Å². The molecule has 2 aromatic heterocycles. The SMILES string of the molecule is COc1cc2nn([C@H]3CC[C@H](C(C)C)CC3)cc2cc1NC(=O)c1nc(C(F)(F)F)cs1. The highest BCUT2D eigenvalue weighted by molar-refractivity contribution is 7.11. The number of hydrogen-bond donors (Lipinski definition) is 1. The Balaban J connectivity index is 1.55. The fourth-order valence-electron chi connectivity index (χ4n) is 4.24. The van der Waals surface area contributed by atoms with Crippen LogP contribution < -0.4 is 10.1 Å². The second kappa shape index (κ2) is 8.73. The molecule has 1 aliphatic carbocycles. The molecule has 1 aliphatic rings. The summed E-state index contributed by atoms with van der Waals surface area (Å²) in [6.07, 6.45) is 1.87. The Kier molecular flexibility index (Phi) is 6.15. The van der Waals surface area contributed by atoms with Crippen LogP contribution in [0, 0.1) is 11.8 Å². The fourth-order valence-corrected chi connectivity index (χ4v) is 4.96. The van der Waals surface area contributed by atoms with Gasteiger partial charge in [0.2, 0.25) is 0 Å². The Morgan fingerprint density at radius 2 is 1.97 bits per heavy atom. The van der Waals surface area contributed by atoms with Crippen LogP contribution in [0.15, 0.2) is 23.7 Å². The van der Waals surface area contributed by atoms with Crippen molar-refractivity contribution in [3.05, 3.63) is 34.4 Å². The third-order valence-electron chi connectivity index (χ3n) is 6.14. The Labute approximate surface area is 187 Å². The van der Waals surface area contributed by atoms with Gasteiger partial charge in [-0.1, -0.05) is 13.8 Å². The average molecular weight is 467 g/mol. The molecule has 3 aromatic rings. The molecule has 0 saturated heterocycles. The number of carbonyl (C=O) groups excluding carboxylic acids is 1. The summed E-state index contributed by atoms with van der Waals surface area (Å²) < 4.78 is 45.7. The molecule has 0 radical (unpaired) electrons. The molecule has 1 fully saturated rings. The van der Waals surface area contributed by atoms with E-state index in [-0.39, 0.29) is 5.01 Å². The lowest BCUT2D eigenvalue weighted by atomic mass is 9.80. The van der Waals surface area contributed by atoms with Crippen molar-refractivity contribution in [2.75, 3.05) is 12.4 Å². The summed E-state index contributed by atoms with van der Waals surface area (Å²) in [6.45, 7) is 4.54. The van der Waals surface area contributed by atoms with Gasteiger partial charge in [-0.2, -0.15) is 18.3 Å². The molecule has 1 aromatic carbocycles. The van der Waals surface area contributed by atoms with E-state index in [4.69, 9.17) is 9.84 Å². The summed E-state index contributed by atoms with van der Waals surface area (Å²) in [5.74, 6) is 1.10. The number of hydrogen-bond acceptors (Lipinski definition) is 5. The van der Waals surface area contributed by atoms with Crippen LogP contribution in [-0.2, 0) is 6.18 Å². The summed E-state index contributed by atoms with van der Waals surface area (Å²) in [5.41, 5.74) is 0.0137. The van der Waals surface area contributed by atoms with Crippen molar-refractivity contribution >= 4 is 33.8 Å². The molecule has 32 heavy (non-hydrogen) atoms. The molecule has 1 N–H and O–H groups in total. The molecular weight excluding hydrogens is 441 g/mol. The zero-order valence-electron chi connectivity index (χ0n) is 18.1. The van der Waals surface area contributed by atoms with E-state index in [1.807, 2.05) is 10.9 Å². The number of fused-ring (bicyclic) bond motifs is 1. The Morgan fingerprint density at radius 3 is 2.56 bits per heavy atom. The third kappa shape index (κ3) is 4.60. The van der Waals surface area contributed by atoms with Crippen molar-refractivity contribution in [3.8, 4) is 5.75 Å². The molecular formula is C22H25F3N4O2S. The number of thiazole rings is 1. The first-order chi connectivity index (χ1) is 15.2. The average Bonchev–Trinajstić information content (AvgIpc) is 3.40. The van der Waals surface area contributed by atoms with Crippen molar-refractivity contribution in [3.63, 3.8) is 0 Å². The van der Waals surface area contributed by atoms with Gasteiger partial charge in [-0.25, -0.2) is 4.98 Å². The predicted molar refractivity (Wildman–Crippen MR) is 117 cm³/mol. The molecule has 2 heterocycles. The normalized spacial score (nSPS) is 19.5. The molecule has 1 saturated carbocycles. The number of ether oxygens (including phenoxy) is 1. The summed E-state index contributed by atoms with van der Waals surface area (Å²) in [4.78, 5) is 15.9. The lowest BCUT2D eigenvalue weighted by Crippen LogP contribution is -2.21. The molecule has 172 valence electrons. The second-order valence-electron chi connectivity index (χ2n) is 8.52. The van der Waals surface area contributed by atoms with Gasteiger partial charge in [-0.15, -0.1) is 11.3 Å². The van der Waals surface area contributed by atoms with Crippen molar-refractivity contribution < 1.29 is 22.7 Å². The number of alkyl halides is 3. The minimum absolute atomic E-state index is 0.267. The van der Waals surface area contributed by atoms with Gasteiger partial charge in [0.15, 0.2) is 10.7 Å². The van der Waals surface area contributed by atoms with Crippen LogP contribution in [0.5, 0.6) is 5.75 Å². The second-order valence-corrected chi connectivity index (χ2v) is 9.38. The van der Waals surface area contributed by atoms with E-state index in [9.17, 15) is 18.0 Å². The Morgan fingerprint density at radius 1 is 1.25 bits per heavy atom. The molecule has 6 nitrogen and oxygen atoms in total. The Hall–Kier alpha value is -2.62. The fraction of sp³-hybridized carbons (Fsp3) is 0.500. The zero-order valence-corrected chi connectivity index (χ0v) is 18.9. The van der Waals surface area contributed by atoms with Gasteiger partial charge in [0.1, 0.15) is 5.75 Å². The number of halogens is 3. The van der Waals surface area contributed by atoms with Crippen molar-refractivity contribution in [1.29, 1.82) is 0 Å². The van der Waals surface area contributed by atoms with Crippen LogP contribution >= 0.6 is 11.3 Å². The van der Waals surface area contributed by atoms with Crippen LogP contribution in [0.25, 0.3) is 10.9 Å². The molecule has 0 unspecified atom stereocenters. The van der Waals surface area contributed by atoms with E-state index in [2.05, 4.69) is 24.1 Å². The number of anilines is 1. The lowest BCUT2D eigenvalue weighted by Gasteiger charge is -2.30. The number of rotatable bonds is 5. The highest BCUT2D eigenvalue weighted by Gasteiger charge is 2.34. The highest BCUT2D eigenvalue weighted by Crippen LogP contribution is 2.37. The monoisotopic (exact) mass is 466 g/mol. The molecule has 1 amide bonds. The van der Waals surface area contributed by atoms with Crippen LogP contribution in [0.4, 0.5) is 18.9 Å². The minimum atomic E-state index is -4.59. The maximum Gasteiger partial charge on any atom is 0.434 e. The molecule has 0 atom stereocenters. The first-order valence-electron chi connectivity index (χ1n) is 10.6. The van der Waals surface area contributed by atoms with Gasteiger partial charge in [0.25, 0.3) is 5.91 Å². The molecule has 0 aliphatic heterocycles. The zero-order chi connectivity index (χ0) is 23.0. The number of carbonyl (C=O) groups is 1. The number of nitrogens with one attached hydrogen (secondary N) is 1. The van der Waals surface area contributed by atoms with E-state index >= 15 is 0 Å². The highest BCUT2D eigenvalue weighted by atomic mass is 32.1. The first-order valence-corrected chi connectivity index (χ1v) is 11.4. The van der Waals surface area contributed by atoms with E-state index in [0.717, 1.165) is 35.0 Å². The van der Waals surface area contributed by atoms with E-state index in [1.165, 1.54) is 20.0 Å². The van der Waals surface area contributed by atoms with Crippen LogP contribution in [0.1, 0.15) is 61.1 Å². The van der Waals surface area contributed by atoms with Crippen molar-refractivity contribution in [2.45, 2.75) is 51.7 Å². The standard InChI is InChI=1S/C22H25F3N4O2S/c1-12(2)13-4-6-15(7-5-13)29-10-14-8-17(18(31-3)9-16(14)28-29)26-20(30)21-27-19(11-32-21)22(23,24)25/h8-13,15H,4-7H2,1-3H3,(H,26,30)/t13-,15-. The quantitative estimate of drug-likeness (QED) is 0.489.